The van der Waals surface area contributed by atoms with E-state index < -0.39 is 0 Å². The highest BCUT2D eigenvalue weighted by Gasteiger charge is 2.31. The van der Waals surface area contributed by atoms with Gasteiger partial charge in [0.05, 0.1) is 13.2 Å². The molecule has 3 nitrogen and oxygen atoms in total. The van der Waals surface area contributed by atoms with E-state index in [2.05, 4.69) is 31.5 Å². The molecule has 1 aromatic rings. The van der Waals surface area contributed by atoms with Gasteiger partial charge in [-0.05, 0) is 38.0 Å². The van der Waals surface area contributed by atoms with Crippen molar-refractivity contribution in [2.45, 2.75) is 32.9 Å². The van der Waals surface area contributed by atoms with Gasteiger partial charge in [-0.3, -0.25) is 0 Å². The minimum absolute atomic E-state index is 0.112. The summed E-state index contributed by atoms with van der Waals surface area (Å²) in [4.78, 5) is 4.99. The summed E-state index contributed by atoms with van der Waals surface area (Å²) in [5.74, 6) is 0.972. The molecule has 0 aromatic heterocycles. The summed E-state index contributed by atoms with van der Waals surface area (Å²) in [7, 11) is 1.63. The van der Waals surface area contributed by atoms with Crippen LogP contribution in [0.3, 0.4) is 0 Å². The fourth-order valence-electron chi connectivity index (χ4n) is 1.96. The first-order valence-electron chi connectivity index (χ1n) is 5.19. The van der Waals surface area contributed by atoms with E-state index in [1.54, 1.807) is 7.11 Å². The zero-order chi connectivity index (χ0) is 11.0. The van der Waals surface area contributed by atoms with Crippen LogP contribution in [0.25, 0.3) is 0 Å². The van der Waals surface area contributed by atoms with E-state index in [0.29, 0.717) is 0 Å². The summed E-state index contributed by atoms with van der Waals surface area (Å²) in [6, 6.07) is 4.40. The summed E-state index contributed by atoms with van der Waals surface area (Å²) in [6.45, 7) is 6.25. The Balaban J connectivity index is 2.40. The molecule has 2 unspecified atom stereocenters. The molecule has 2 rings (SSSR count). The first-order chi connectivity index (χ1) is 7.13. The second kappa shape index (κ2) is 3.83. The van der Waals surface area contributed by atoms with Crippen molar-refractivity contribution in [3.8, 4) is 5.75 Å². The van der Waals surface area contributed by atoms with Gasteiger partial charge in [0.25, 0.3) is 0 Å². The monoisotopic (exact) mass is 207 g/mol. The lowest BCUT2D eigenvalue weighted by Gasteiger charge is -2.14. The fraction of sp³-hybridized carbons (Fsp3) is 0.500. The number of hydrogen-bond acceptors (Lipinski definition) is 3. The smallest absolute Gasteiger partial charge is 0.125 e. The number of hydroxylamine groups is 1. The quantitative estimate of drug-likeness (QED) is 0.755. The largest absolute Gasteiger partial charge is 0.488 e. The first-order valence-corrected chi connectivity index (χ1v) is 5.19. The number of nitrogens with one attached hydrogen (secondary N) is 1. The molecule has 1 heterocycles. The van der Waals surface area contributed by atoms with Crippen molar-refractivity contribution in [1.29, 1.82) is 0 Å². The van der Waals surface area contributed by atoms with Crippen molar-refractivity contribution in [3.05, 3.63) is 28.8 Å². The molecule has 3 heteroatoms. The number of ether oxygens (including phenoxy) is 1. The third kappa shape index (κ3) is 1.73. The highest BCUT2D eigenvalue weighted by molar-refractivity contribution is 5.46. The molecular formula is C12H17NO2. The van der Waals surface area contributed by atoms with Crippen molar-refractivity contribution >= 4 is 0 Å². The highest BCUT2D eigenvalue weighted by atomic mass is 16.6. The van der Waals surface area contributed by atoms with Gasteiger partial charge in [0.1, 0.15) is 11.9 Å². The Kier molecular flexibility index (Phi) is 2.67. The summed E-state index contributed by atoms with van der Waals surface area (Å²) in [5, 5.41) is 0. The van der Waals surface area contributed by atoms with E-state index in [1.807, 2.05) is 6.92 Å². The minimum atomic E-state index is 0.112. The van der Waals surface area contributed by atoms with E-state index in [9.17, 15) is 0 Å². The van der Waals surface area contributed by atoms with E-state index in [0.717, 1.165) is 5.75 Å². The molecule has 2 atom stereocenters. The van der Waals surface area contributed by atoms with Gasteiger partial charge in [0.2, 0.25) is 0 Å². The Hall–Kier alpha value is -1.06. The van der Waals surface area contributed by atoms with Crippen molar-refractivity contribution in [3.63, 3.8) is 0 Å². The van der Waals surface area contributed by atoms with Crippen molar-refractivity contribution in [2.75, 3.05) is 7.11 Å². The van der Waals surface area contributed by atoms with Crippen LogP contribution in [-0.4, -0.2) is 13.2 Å². The lowest BCUT2D eigenvalue weighted by atomic mass is 10.0. The van der Waals surface area contributed by atoms with Gasteiger partial charge in [-0.15, -0.1) is 0 Å². The summed E-state index contributed by atoms with van der Waals surface area (Å²) >= 11 is 0. The Morgan fingerprint density at radius 1 is 1.27 bits per heavy atom. The lowest BCUT2D eigenvalue weighted by molar-refractivity contribution is 0.0339. The van der Waals surface area contributed by atoms with Gasteiger partial charge in [0.15, 0.2) is 0 Å². The zero-order valence-electron chi connectivity index (χ0n) is 9.63. The van der Waals surface area contributed by atoms with E-state index in [4.69, 9.17) is 9.57 Å². The average Bonchev–Trinajstić information content (AvgIpc) is 2.46. The molecule has 1 aliphatic heterocycles. The van der Waals surface area contributed by atoms with Gasteiger partial charge >= 0.3 is 0 Å². The van der Waals surface area contributed by atoms with Gasteiger partial charge in [-0.1, -0.05) is 6.07 Å². The Morgan fingerprint density at radius 3 is 2.60 bits per heavy atom. The maximum atomic E-state index is 5.77. The van der Waals surface area contributed by atoms with Crippen LogP contribution >= 0.6 is 0 Å². The van der Waals surface area contributed by atoms with Crippen LogP contribution in [0.5, 0.6) is 5.75 Å². The highest BCUT2D eigenvalue weighted by Crippen LogP contribution is 2.38. The van der Waals surface area contributed by atoms with Crippen LogP contribution in [-0.2, 0) is 4.84 Å². The topological polar surface area (TPSA) is 30.5 Å². The summed E-state index contributed by atoms with van der Waals surface area (Å²) < 4.78 is 5.77. The van der Waals surface area contributed by atoms with E-state index >= 15 is 0 Å². The summed E-state index contributed by atoms with van der Waals surface area (Å²) in [6.07, 6.45) is 0.112. The molecule has 0 fully saturated rings. The predicted molar refractivity (Wildman–Crippen MR) is 58.9 cm³/mol. The second-order valence-electron chi connectivity index (χ2n) is 4.10. The van der Waals surface area contributed by atoms with E-state index in [-0.39, 0.29) is 12.1 Å². The van der Waals surface area contributed by atoms with Gasteiger partial charge in [0, 0.05) is 5.56 Å². The van der Waals surface area contributed by atoms with Crippen molar-refractivity contribution < 1.29 is 9.57 Å². The molecule has 1 aliphatic rings. The van der Waals surface area contributed by atoms with Crippen molar-refractivity contribution in [2.24, 2.45) is 0 Å². The Bertz CT molecular complexity index is 376. The number of fused-ring (bicyclic) bond motifs is 1. The van der Waals surface area contributed by atoms with Crippen LogP contribution in [0.4, 0.5) is 0 Å². The molecule has 15 heavy (non-hydrogen) atoms. The zero-order valence-corrected chi connectivity index (χ0v) is 9.63. The van der Waals surface area contributed by atoms with Crippen LogP contribution in [0.15, 0.2) is 12.1 Å². The maximum Gasteiger partial charge on any atom is 0.125 e. The standard InChI is InChI=1S/C12H17NO2/c1-7-5-10-11(6-8(7)2)15-9(3)12(10)13-14-4/h5-6,9,12-13H,1-4H3. The molecule has 0 radical (unpaired) electrons. The van der Waals surface area contributed by atoms with Gasteiger partial charge in [-0.2, -0.15) is 5.48 Å². The first kappa shape index (κ1) is 10.5. The van der Waals surface area contributed by atoms with Crippen LogP contribution < -0.4 is 10.2 Å². The summed E-state index contributed by atoms with van der Waals surface area (Å²) in [5.41, 5.74) is 6.71. The normalized spacial score (nSPS) is 23.7. The third-order valence-corrected chi connectivity index (χ3v) is 2.99. The van der Waals surface area contributed by atoms with Crippen LogP contribution in [0, 0.1) is 13.8 Å². The minimum Gasteiger partial charge on any atom is -0.488 e. The molecule has 0 spiro atoms. The molecule has 1 N–H and O–H groups in total. The second-order valence-corrected chi connectivity index (χ2v) is 4.10. The molecule has 0 saturated heterocycles. The number of hydrogen-bond donors (Lipinski definition) is 1. The van der Waals surface area contributed by atoms with Gasteiger partial charge in [-0.25, -0.2) is 0 Å². The third-order valence-electron chi connectivity index (χ3n) is 2.99. The number of benzene rings is 1. The number of rotatable bonds is 2. The molecule has 0 amide bonds. The number of aryl methyl sites for hydroxylation is 2. The SMILES string of the molecule is CONC1c2cc(C)c(C)cc2OC1C. The average molecular weight is 207 g/mol. The molecule has 82 valence electrons. The van der Waals surface area contributed by atoms with E-state index in [1.165, 1.54) is 16.7 Å². The van der Waals surface area contributed by atoms with Crippen LogP contribution in [0.1, 0.15) is 29.7 Å². The Labute approximate surface area is 90.3 Å². The Morgan fingerprint density at radius 2 is 1.93 bits per heavy atom. The van der Waals surface area contributed by atoms with Crippen molar-refractivity contribution in [1.82, 2.24) is 5.48 Å². The molecule has 1 aromatic carbocycles. The van der Waals surface area contributed by atoms with Gasteiger partial charge < -0.3 is 9.57 Å². The fourth-order valence-corrected chi connectivity index (χ4v) is 1.96. The maximum absolute atomic E-state index is 5.77. The molecule has 0 bridgehead atoms. The van der Waals surface area contributed by atoms with Crippen LogP contribution in [0.2, 0.25) is 0 Å². The molecule has 0 saturated carbocycles. The molecule has 0 aliphatic carbocycles. The predicted octanol–water partition coefficient (Wildman–Crippen LogP) is 2.28. The molecular weight excluding hydrogens is 190 g/mol. The lowest BCUT2D eigenvalue weighted by Crippen LogP contribution is -2.27.